The molecule has 118 valence electrons. The summed E-state index contributed by atoms with van der Waals surface area (Å²) in [7, 11) is 0. The fourth-order valence-electron chi connectivity index (χ4n) is 1.28. The molecule has 0 fully saturated rings. The van der Waals surface area contributed by atoms with Crippen molar-refractivity contribution in [1.82, 2.24) is 0 Å². The highest BCUT2D eigenvalue weighted by atomic mass is 16.5. The Kier molecular flexibility index (Phi) is 5.27. The Morgan fingerprint density at radius 1 is 0.636 bits per heavy atom. The summed E-state index contributed by atoms with van der Waals surface area (Å²) in [5, 5.41) is 34.6. The zero-order valence-corrected chi connectivity index (χ0v) is 10.7. The van der Waals surface area contributed by atoms with Gasteiger partial charge in [0.05, 0.1) is 0 Å². The van der Waals surface area contributed by atoms with Crippen molar-refractivity contribution < 1.29 is 49.1 Å². The molecular weight excluding hydrogens is 304 g/mol. The summed E-state index contributed by atoms with van der Waals surface area (Å²) in [6.07, 6.45) is -4.23. The molecule has 10 nitrogen and oxygen atoms in total. The van der Waals surface area contributed by atoms with Crippen molar-refractivity contribution in [1.29, 1.82) is 0 Å². The van der Waals surface area contributed by atoms with E-state index in [0.717, 1.165) is 24.3 Å². The van der Waals surface area contributed by atoms with E-state index in [1.165, 1.54) is 0 Å². The van der Waals surface area contributed by atoms with Crippen molar-refractivity contribution in [2.45, 2.75) is 12.2 Å². The van der Waals surface area contributed by atoms with Gasteiger partial charge in [-0.3, -0.25) is 0 Å². The molecule has 0 aromatic heterocycles. The van der Waals surface area contributed by atoms with E-state index in [1.54, 1.807) is 0 Å². The van der Waals surface area contributed by atoms with E-state index in [0.29, 0.717) is 0 Å². The van der Waals surface area contributed by atoms with Crippen LogP contribution in [0.25, 0.3) is 0 Å². The molecule has 4 N–H and O–H groups in total. The Labute approximate surface area is 122 Å². The van der Waals surface area contributed by atoms with Gasteiger partial charge in [0, 0.05) is 0 Å². The monoisotopic (exact) mass is 314 g/mol. The van der Waals surface area contributed by atoms with Crippen LogP contribution in [0, 0.1) is 0 Å². The van der Waals surface area contributed by atoms with E-state index >= 15 is 0 Å². The molecule has 0 aliphatic rings. The number of carbonyl (C=O) groups is 4. The maximum absolute atomic E-state index is 10.6. The zero-order chi connectivity index (χ0) is 16.9. The third kappa shape index (κ3) is 4.37. The molecule has 0 aliphatic heterocycles. The van der Waals surface area contributed by atoms with E-state index in [-0.39, 0.29) is 11.5 Å². The second kappa shape index (κ2) is 6.92. The van der Waals surface area contributed by atoms with Crippen LogP contribution in [-0.4, -0.2) is 56.5 Å². The first-order chi connectivity index (χ1) is 10.2. The number of benzene rings is 1. The van der Waals surface area contributed by atoms with Gasteiger partial charge in [-0.15, -0.1) is 0 Å². The van der Waals surface area contributed by atoms with E-state index in [4.69, 9.17) is 29.9 Å². The van der Waals surface area contributed by atoms with Gasteiger partial charge in [0.15, 0.2) is 0 Å². The molecule has 0 unspecified atom stereocenters. The van der Waals surface area contributed by atoms with Crippen LogP contribution in [0.3, 0.4) is 0 Å². The van der Waals surface area contributed by atoms with E-state index < -0.39 is 36.1 Å². The molecule has 1 aromatic rings. The lowest BCUT2D eigenvalue weighted by Gasteiger charge is -2.13. The molecule has 0 heterocycles. The molecule has 1 aromatic carbocycles. The van der Waals surface area contributed by atoms with Gasteiger partial charge in [0.2, 0.25) is 0 Å². The number of hydrogen-bond donors (Lipinski definition) is 4. The minimum absolute atomic E-state index is 0.135. The molecule has 0 aliphatic carbocycles. The molecule has 0 bridgehead atoms. The zero-order valence-electron chi connectivity index (χ0n) is 10.7. The lowest BCUT2D eigenvalue weighted by Crippen LogP contribution is -2.35. The maximum Gasteiger partial charge on any atom is 0.356 e. The van der Waals surface area contributed by atoms with Crippen LogP contribution >= 0.6 is 0 Å². The highest BCUT2D eigenvalue weighted by Gasteiger charge is 2.29. The number of hydrogen-bond acceptors (Lipinski definition) is 6. The Morgan fingerprint density at radius 2 is 0.864 bits per heavy atom. The summed E-state index contributed by atoms with van der Waals surface area (Å²) in [5.41, 5.74) is 0. The Morgan fingerprint density at radius 3 is 1.05 bits per heavy atom. The third-order valence-electron chi connectivity index (χ3n) is 2.23. The van der Waals surface area contributed by atoms with Crippen LogP contribution in [-0.2, 0) is 19.2 Å². The van der Waals surface area contributed by atoms with Crippen LogP contribution < -0.4 is 9.47 Å². The van der Waals surface area contributed by atoms with E-state index in [1.807, 2.05) is 0 Å². The second-order valence-corrected chi connectivity index (χ2v) is 3.82. The highest BCUT2D eigenvalue weighted by Crippen LogP contribution is 2.20. The van der Waals surface area contributed by atoms with Gasteiger partial charge in [-0.2, -0.15) is 0 Å². The molecular formula is C12H10O10. The van der Waals surface area contributed by atoms with E-state index in [9.17, 15) is 19.2 Å². The largest absolute Gasteiger partial charge is 0.478 e. The number of carboxylic acid groups (broad SMARTS) is 4. The third-order valence-corrected chi connectivity index (χ3v) is 2.23. The average Bonchev–Trinajstić information content (AvgIpc) is 2.42. The molecule has 22 heavy (non-hydrogen) atoms. The minimum Gasteiger partial charge on any atom is -0.478 e. The number of rotatable bonds is 8. The minimum atomic E-state index is -2.11. The standard InChI is InChI=1S/C12H10O10/c13-9(14)7(10(15)16)21-5-1-2-6(4-3-5)22-8(11(17)18)12(19)20/h1-4,7-8H,(H,13,14)(H,15,16)(H,17,18)(H,19,20). The molecule has 0 saturated carbocycles. The number of aliphatic carboxylic acids is 4. The predicted molar refractivity (Wildman–Crippen MR) is 65.8 cm³/mol. The SMILES string of the molecule is O=C(O)C(Oc1ccc(OC(C(=O)O)C(=O)O)cc1)C(=O)O. The summed E-state index contributed by atoms with van der Waals surface area (Å²) in [6, 6.07) is 4.42. The average molecular weight is 314 g/mol. The fraction of sp³-hybridized carbons (Fsp3) is 0.167. The van der Waals surface area contributed by atoms with Gasteiger partial charge in [-0.05, 0) is 24.3 Å². The first-order valence-corrected chi connectivity index (χ1v) is 5.57. The van der Waals surface area contributed by atoms with Gasteiger partial charge < -0.3 is 29.9 Å². The molecule has 0 spiro atoms. The molecule has 10 heteroatoms. The lowest BCUT2D eigenvalue weighted by atomic mass is 10.3. The topological polar surface area (TPSA) is 168 Å². The van der Waals surface area contributed by atoms with Gasteiger partial charge in [-0.25, -0.2) is 19.2 Å². The highest BCUT2D eigenvalue weighted by molar-refractivity contribution is 5.97. The van der Waals surface area contributed by atoms with Gasteiger partial charge >= 0.3 is 23.9 Å². The predicted octanol–water partition coefficient (Wildman–Crippen LogP) is -0.480. The van der Waals surface area contributed by atoms with Crippen molar-refractivity contribution >= 4 is 23.9 Å². The summed E-state index contributed by atoms with van der Waals surface area (Å²) < 4.78 is 9.41. The summed E-state index contributed by atoms with van der Waals surface area (Å²) in [5.74, 6) is -7.09. The fourth-order valence-corrected chi connectivity index (χ4v) is 1.28. The Bertz CT molecular complexity index is 509. The first-order valence-electron chi connectivity index (χ1n) is 5.57. The summed E-state index contributed by atoms with van der Waals surface area (Å²) >= 11 is 0. The maximum atomic E-state index is 10.6. The van der Waals surface area contributed by atoms with Gasteiger partial charge in [0.25, 0.3) is 12.2 Å². The van der Waals surface area contributed by atoms with Crippen LogP contribution in [0.4, 0.5) is 0 Å². The van der Waals surface area contributed by atoms with Crippen molar-refractivity contribution in [3.8, 4) is 11.5 Å². The van der Waals surface area contributed by atoms with Crippen molar-refractivity contribution in [2.75, 3.05) is 0 Å². The first kappa shape index (κ1) is 16.8. The van der Waals surface area contributed by atoms with Crippen LogP contribution in [0.2, 0.25) is 0 Å². The van der Waals surface area contributed by atoms with E-state index in [2.05, 4.69) is 0 Å². The molecule has 0 amide bonds. The summed E-state index contributed by atoms with van der Waals surface area (Å²) in [4.78, 5) is 42.6. The quantitative estimate of drug-likeness (QED) is 0.460. The van der Waals surface area contributed by atoms with Gasteiger partial charge in [0.1, 0.15) is 11.5 Å². The Hall–Kier alpha value is -3.30. The number of ether oxygens (including phenoxy) is 2. The van der Waals surface area contributed by atoms with Crippen molar-refractivity contribution in [3.05, 3.63) is 24.3 Å². The Balaban J connectivity index is 2.82. The smallest absolute Gasteiger partial charge is 0.356 e. The number of carboxylic acids is 4. The second-order valence-electron chi connectivity index (χ2n) is 3.82. The molecule has 0 radical (unpaired) electrons. The molecule has 0 saturated heterocycles. The molecule has 0 atom stereocenters. The molecule has 1 rings (SSSR count). The van der Waals surface area contributed by atoms with Crippen molar-refractivity contribution in [2.24, 2.45) is 0 Å². The van der Waals surface area contributed by atoms with Gasteiger partial charge in [-0.1, -0.05) is 0 Å². The normalized spacial score (nSPS) is 10.3. The van der Waals surface area contributed by atoms with Crippen molar-refractivity contribution in [3.63, 3.8) is 0 Å². The lowest BCUT2D eigenvalue weighted by molar-refractivity contribution is -0.160. The van der Waals surface area contributed by atoms with Crippen LogP contribution in [0.5, 0.6) is 11.5 Å². The van der Waals surface area contributed by atoms with Crippen LogP contribution in [0.1, 0.15) is 0 Å². The summed E-state index contributed by atoms with van der Waals surface area (Å²) in [6.45, 7) is 0. The van der Waals surface area contributed by atoms with Crippen LogP contribution in [0.15, 0.2) is 24.3 Å².